The summed E-state index contributed by atoms with van der Waals surface area (Å²) in [5, 5.41) is 0. The number of nitrogens with zero attached hydrogens (tertiary/aromatic N) is 1. The molecule has 0 saturated carbocycles. The van der Waals surface area contributed by atoms with Gasteiger partial charge >= 0.3 is 0 Å². The third-order valence-corrected chi connectivity index (χ3v) is 4.60. The fourth-order valence-electron chi connectivity index (χ4n) is 3.27. The zero-order chi connectivity index (χ0) is 12.3. The van der Waals surface area contributed by atoms with Crippen LogP contribution in [-0.2, 0) is 9.47 Å². The standard InChI is InChI=1S/C13H26N2O2/c1-11-12(4-8-17-11)15(2)13(10-14)5-3-7-16-9-6-13/h11-12H,3-10,14H2,1-2H3. The van der Waals surface area contributed by atoms with Gasteiger partial charge in [-0.1, -0.05) is 0 Å². The van der Waals surface area contributed by atoms with E-state index in [-0.39, 0.29) is 5.54 Å². The molecular formula is C13H26N2O2. The summed E-state index contributed by atoms with van der Waals surface area (Å²) in [4.78, 5) is 2.49. The van der Waals surface area contributed by atoms with Crippen LogP contribution in [0.1, 0.15) is 32.6 Å². The molecule has 2 aliphatic heterocycles. The van der Waals surface area contributed by atoms with Crippen molar-refractivity contribution in [2.24, 2.45) is 5.73 Å². The van der Waals surface area contributed by atoms with E-state index < -0.39 is 0 Å². The molecule has 0 amide bonds. The van der Waals surface area contributed by atoms with Gasteiger partial charge in [0.05, 0.1) is 6.10 Å². The molecular weight excluding hydrogens is 216 g/mol. The van der Waals surface area contributed by atoms with Gasteiger partial charge < -0.3 is 15.2 Å². The Morgan fingerprint density at radius 2 is 2.12 bits per heavy atom. The normalized spacial score (nSPS) is 39.5. The summed E-state index contributed by atoms with van der Waals surface area (Å²) in [5.74, 6) is 0. The highest BCUT2D eigenvalue weighted by molar-refractivity contribution is 4.96. The lowest BCUT2D eigenvalue weighted by atomic mass is 9.86. The highest BCUT2D eigenvalue weighted by Gasteiger charge is 2.40. The highest BCUT2D eigenvalue weighted by Crippen LogP contribution is 2.32. The second kappa shape index (κ2) is 5.65. The van der Waals surface area contributed by atoms with Crippen LogP contribution in [0.15, 0.2) is 0 Å². The predicted molar refractivity (Wildman–Crippen MR) is 68.0 cm³/mol. The van der Waals surface area contributed by atoms with Gasteiger partial charge in [-0.2, -0.15) is 0 Å². The molecule has 2 fully saturated rings. The molecule has 0 aliphatic carbocycles. The van der Waals surface area contributed by atoms with E-state index in [4.69, 9.17) is 15.2 Å². The van der Waals surface area contributed by atoms with Crippen LogP contribution in [0.25, 0.3) is 0 Å². The van der Waals surface area contributed by atoms with Crippen LogP contribution in [0.4, 0.5) is 0 Å². The Morgan fingerprint density at radius 1 is 1.29 bits per heavy atom. The highest BCUT2D eigenvalue weighted by atomic mass is 16.5. The summed E-state index contributed by atoms with van der Waals surface area (Å²) in [6.07, 6.45) is 4.75. The zero-order valence-corrected chi connectivity index (χ0v) is 11.2. The molecule has 17 heavy (non-hydrogen) atoms. The fraction of sp³-hybridized carbons (Fsp3) is 1.00. The molecule has 0 aromatic carbocycles. The van der Waals surface area contributed by atoms with Gasteiger partial charge in [-0.25, -0.2) is 0 Å². The number of likely N-dealkylation sites (N-methyl/N-ethyl adjacent to an activating group) is 1. The van der Waals surface area contributed by atoms with Gasteiger partial charge in [0.25, 0.3) is 0 Å². The second-order valence-corrected chi connectivity index (χ2v) is 5.44. The minimum absolute atomic E-state index is 0.114. The topological polar surface area (TPSA) is 47.7 Å². The van der Waals surface area contributed by atoms with Crippen LogP contribution in [-0.4, -0.2) is 56.0 Å². The van der Waals surface area contributed by atoms with Crippen molar-refractivity contribution in [1.82, 2.24) is 4.90 Å². The summed E-state index contributed by atoms with van der Waals surface area (Å²) in [5.41, 5.74) is 6.20. The van der Waals surface area contributed by atoms with Crippen LogP contribution in [0.5, 0.6) is 0 Å². The van der Waals surface area contributed by atoms with Crippen molar-refractivity contribution in [3.63, 3.8) is 0 Å². The molecule has 0 aromatic heterocycles. The van der Waals surface area contributed by atoms with Crippen LogP contribution in [0.3, 0.4) is 0 Å². The molecule has 2 heterocycles. The van der Waals surface area contributed by atoms with Gasteiger partial charge in [0, 0.05) is 37.9 Å². The van der Waals surface area contributed by atoms with Gasteiger partial charge in [0.2, 0.25) is 0 Å². The lowest BCUT2D eigenvalue weighted by Crippen LogP contribution is -2.57. The van der Waals surface area contributed by atoms with Gasteiger partial charge in [-0.05, 0) is 39.7 Å². The molecule has 2 rings (SSSR count). The number of nitrogens with two attached hydrogens (primary N) is 1. The van der Waals surface area contributed by atoms with Crippen molar-refractivity contribution >= 4 is 0 Å². The van der Waals surface area contributed by atoms with E-state index in [9.17, 15) is 0 Å². The van der Waals surface area contributed by atoms with E-state index in [1.807, 2.05) is 0 Å². The van der Waals surface area contributed by atoms with E-state index in [1.165, 1.54) is 0 Å². The largest absolute Gasteiger partial charge is 0.381 e. The quantitative estimate of drug-likeness (QED) is 0.802. The molecule has 0 aromatic rings. The summed E-state index contributed by atoms with van der Waals surface area (Å²) >= 11 is 0. The van der Waals surface area contributed by atoms with Crippen LogP contribution in [0.2, 0.25) is 0 Å². The smallest absolute Gasteiger partial charge is 0.0703 e. The molecule has 3 unspecified atom stereocenters. The minimum atomic E-state index is 0.114. The van der Waals surface area contributed by atoms with Crippen molar-refractivity contribution in [1.29, 1.82) is 0 Å². The van der Waals surface area contributed by atoms with Gasteiger partial charge in [-0.3, -0.25) is 4.90 Å². The third-order valence-electron chi connectivity index (χ3n) is 4.60. The molecule has 0 radical (unpaired) electrons. The Hall–Kier alpha value is -0.160. The Kier molecular flexibility index (Phi) is 4.42. The van der Waals surface area contributed by atoms with E-state index in [0.29, 0.717) is 12.1 Å². The van der Waals surface area contributed by atoms with Gasteiger partial charge in [0.1, 0.15) is 0 Å². The molecule has 2 aliphatic rings. The third kappa shape index (κ3) is 2.65. The van der Waals surface area contributed by atoms with E-state index >= 15 is 0 Å². The van der Waals surface area contributed by atoms with E-state index in [0.717, 1.165) is 52.0 Å². The van der Waals surface area contributed by atoms with Crippen LogP contribution >= 0.6 is 0 Å². The first-order valence-corrected chi connectivity index (χ1v) is 6.82. The van der Waals surface area contributed by atoms with Crippen LogP contribution < -0.4 is 5.73 Å². The first-order chi connectivity index (χ1) is 8.19. The van der Waals surface area contributed by atoms with E-state index in [1.54, 1.807) is 0 Å². The Morgan fingerprint density at radius 3 is 2.76 bits per heavy atom. The Labute approximate surface area is 104 Å². The lowest BCUT2D eigenvalue weighted by molar-refractivity contribution is 0.0170. The maximum absolute atomic E-state index is 6.08. The van der Waals surface area contributed by atoms with Crippen molar-refractivity contribution in [2.45, 2.75) is 50.3 Å². The maximum Gasteiger partial charge on any atom is 0.0703 e. The van der Waals surface area contributed by atoms with Crippen molar-refractivity contribution < 1.29 is 9.47 Å². The van der Waals surface area contributed by atoms with Crippen molar-refractivity contribution in [3.05, 3.63) is 0 Å². The molecule has 0 bridgehead atoms. The predicted octanol–water partition coefficient (Wildman–Crippen LogP) is 0.994. The van der Waals surface area contributed by atoms with Gasteiger partial charge in [-0.15, -0.1) is 0 Å². The average Bonchev–Trinajstić information content (AvgIpc) is 2.64. The second-order valence-electron chi connectivity index (χ2n) is 5.44. The number of ether oxygens (including phenoxy) is 2. The summed E-state index contributed by atoms with van der Waals surface area (Å²) < 4.78 is 11.3. The Bertz CT molecular complexity index is 240. The fourth-order valence-corrected chi connectivity index (χ4v) is 3.27. The zero-order valence-electron chi connectivity index (χ0n) is 11.2. The summed E-state index contributed by atoms with van der Waals surface area (Å²) in [7, 11) is 2.22. The Balaban J connectivity index is 2.09. The SMILES string of the molecule is CC1OCCC1N(C)C1(CN)CCCOCC1. The van der Waals surface area contributed by atoms with Crippen molar-refractivity contribution in [3.8, 4) is 0 Å². The first-order valence-electron chi connectivity index (χ1n) is 6.82. The summed E-state index contributed by atoms with van der Waals surface area (Å²) in [6, 6.07) is 0.511. The number of hydrogen-bond acceptors (Lipinski definition) is 4. The molecule has 100 valence electrons. The summed E-state index contributed by atoms with van der Waals surface area (Å²) in [6.45, 7) is 5.49. The maximum atomic E-state index is 6.08. The van der Waals surface area contributed by atoms with E-state index in [2.05, 4.69) is 18.9 Å². The lowest BCUT2D eigenvalue weighted by Gasteiger charge is -2.44. The molecule has 4 heteroatoms. The molecule has 2 saturated heterocycles. The molecule has 0 spiro atoms. The average molecular weight is 242 g/mol. The molecule has 4 nitrogen and oxygen atoms in total. The first kappa shape index (κ1) is 13.3. The van der Waals surface area contributed by atoms with Crippen LogP contribution in [0, 0.1) is 0 Å². The molecule has 2 N–H and O–H groups in total. The monoisotopic (exact) mass is 242 g/mol. The number of hydrogen-bond donors (Lipinski definition) is 1. The molecule has 3 atom stereocenters. The minimum Gasteiger partial charge on any atom is -0.381 e. The number of rotatable bonds is 3. The van der Waals surface area contributed by atoms with Crippen molar-refractivity contribution in [2.75, 3.05) is 33.4 Å². The van der Waals surface area contributed by atoms with Gasteiger partial charge in [0.15, 0.2) is 0 Å².